The summed E-state index contributed by atoms with van der Waals surface area (Å²) < 4.78 is 0. The number of halogens is 2. The molecule has 0 unspecified atom stereocenters. The van der Waals surface area contributed by atoms with E-state index in [9.17, 15) is 9.59 Å². The van der Waals surface area contributed by atoms with E-state index in [0.717, 1.165) is 77.1 Å². The first-order chi connectivity index (χ1) is 17.3. The van der Waals surface area contributed by atoms with Crippen molar-refractivity contribution in [1.82, 2.24) is 20.0 Å². The van der Waals surface area contributed by atoms with E-state index in [1.54, 1.807) is 24.3 Å². The topological polar surface area (TPSA) is 55.9 Å². The maximum atomic E-state index is 13.3. The molecule has 1 aliphatic carbocycles. The Morgan fingerprint density at radius 3 is 2.56 bits per heavy atom. The molecule has 0 atom stereocenters. The maximum Gasteiger partial charge on any atom is 0.255 e. The Bertz CT molecular complexity index is 1070. The number of piperidine rings is 1. The average molecular weight is 532 g/mol. The molecule has 2 amide bonds. The summed E-state index contributed by atoms with van der Waals surface area (Å²) in [6.45, 7) is 7.29. The van der Waals surface area contributed by atoms with Crippen molar-refractivity contribution >= 4 is 35.0 Å². The van der Waals surface area contributed by atoms with Crippen LogP contribution in [0.4, 0.5) is 0 Å². The van der Waals surface area contributed by atoms with Crippen LogP contribution in [0.1, 0.15) is 49.4 Å². The van der Waals surface area contributed by atoms with Crippen LogP contribution in [0.3, 0.4) is 0 Å². The Hall–Kier alpha value is -2.28. The van der Waals surface area contributed by atoms with E-state index in [2.05, 4.69) is 34.0 Å². The molecule has 36 heavy (non-hydrogen) atoms. The molecule has 2 fully saturated rings. The quantitative estimate of drug-likeness (QED) is 0.593. The van der Waals surface area contributed by atoms with Crippen LogP contribution >= 0.6 is 23.2 Å². The molecule has 0 radical (unpaired) electrons. The average Bonchev–Trinajstić information content (AvgIpc) is 3.07. The van der Waals surface area contributed by atoms with E-state index >= 15 is 0 Å². The lowest BCUT2D eigenvalue weighted by Gasteiger charge is -2.38. The number of carbonyl (C=O) groups excluding carboxylic acids is 2. The fourth-order valence-corrected chi connectivity index (χ4v) is 5.68. The van der Waals surface area contributed by atoms with E-state index in [0.29, 0.717) is 27.2 Å². The lowest BCUT2D eigenvalue weighted by Crippen LogP contribution is -2.44. The van der Waals surface area contributed by atoms with Crippen molar-refractivity contribution in [3.8, 4) is 0 Å². The van der Waals surface area contributed by atoms with Crippen LogP contribution in [0.25, 0.3) is 0 Å². The standard InChI is InChI=1S/C28H36Cl2N4O2/c1-20-6-3-8-24(30)19-25(31-27(35)22-7-4-9-23(29)18-22)26(20)33-14-10-21(11-15-33)28(36)34-13-5-12-32(2)16-17-34/h4,7-9,18-19,21H,3,5-6,10-17H2,1-2H3,(H,31,35). The third-order valence-corrected chi connectivity index (χ3v) is 7.83. The van der Waals surface area contributed by atoms with Gasteiger partial charge in [0.25, 0.3) is 5.91 Å². The van der Waals surface area contributed by atoms with Gasteiger partial charge in [-0.1, -0.05) is 35.3 Å². The smallest absolute Gasteiger partial charge is 0.255 e. The van der Waals surface area contributed by atoms with Gasteiger partial charge in [0.05, 0.1) is 11.4 Å². The molecule has 2 heterocycles. The molecule has 1 aromatic rings. The summed E-state index contributed by atoms with van der Waals surface area (Å²) in [6.07, 6.45) is 8.17. The minimum Gasteiger partial charge on any atom is -0.370 e. The van der Waals surface area contributed by atoms with Crippen molar-refractivity contribution in [2.45, 2.75) is 39.0 Å². The van der Waals surface area contributed by atoms with Crippen LogP contribution in [0.15, 0.2) is 58.4 Å². The van der Waals surface area contributed by atoms with Crippen LogP contribution in [-0.2, 0) is 4.79 Å². The summed E-state index contributed by atoms with van der Waals surface area (Å²) in [5.41, 5.74) is 3.40. The lowest BCUT2D eigenvalue weighted by molar-refractivity contribution is -0.136. The summed E-state index contributed by atoms with van der Waals surface area (Å²) in [6, 6.07) is 6.92. The minimum absolute atomic E-state index is 0.0519. The molecular formula is C28H36Cl2N4O2. The number of carbonyl (C=O) groups is 2. The van der Waals surface area contributed by atoms with Crippen molar-refractivity contribution in [2.75, 3.05) is 46.3 Å². The predicted octanol–water partition coefficient (Wildman–Crippen LogP) is 5.02. The first-order valence-electron chi connectivity index (χ1n) is 12.9. The largest absolute Gasteiger partial charge is 0.370 e. The van der Waals surface area contributed by atoms with Crippen LogP contribution in [0.5, 0.6) is 0 Å². The van der Waals surface area contributed by atoms with E-state index in [4.69, 9.17) is 23.2 Å². The maximum absolute atomic E-state index is 13.3. The van der Waals surface area contributed by atoms with Gasteiger partial charge in [0.2, 0.25) is 5.91 Å². The molecule has 0 saturated carbocycles. The number of nitrogens with one attached hydrogen (secondary N) is 1. The van der Waals surface area contributed by atoms with Crippen LogP contribution in [-0.4, -0.2) is 72.8 Å². The Balaban J connectivity index is 1.49. The van der Waals surface area contributed by atoms with Gasteiger partial charge in [0.15, 0.2) is 0 Å². The lowest BCUT2D eigenvalue weighted by atomic mass is 9.93. The fourth-order valence-electron chi connectivity index (χ4n) is 5.27. The van der Waals surface area contributed by atoms with Crippen molar-refractivity contribution in [3.63, 3.8) is 0 Å². The number of likely N-dealkylation sites (N-methyl/N-ethyl adjacent to an activating group) is 1. The molecule has 1 N–H and O–H groups in total. The molecule has 2 saturated heterocycles. The van der Waals surface area contributed by atoms with Gasteiger partial charge in [-0.05, 0) is 82.5 Å². The van der Waals surface area contributed by atoms with Crippen molar-refractivity contribution in [3.05, 3.63) is 69.0 Å². The number of hydrogen-bond acceptors (Lipinski definition) is 4. The Morgan fingerprint density at radius 1 is 1.03 bits per heavy atom. The van der Waals surface area contributed by atoms with Crippen LogP contribution in [0.2, 0.25) is 5.02 Å². The van der Waals surface area contributed by atoms with Gasteiger partial charge in [-0.2, -0.15) is 0 Å². The van der Waals surface area contributed by atoms with Crippen molar-refractivity contribution in [2.24, 2.45) is 5.92 Å². The molecule has 194 valence electrons. The SMILES string of the molecule is CC1=C(N2CCC(C(=O)N3CCCN(C)CC3)CC2)C(NC(=O)c2cccc(Cl)c2)=CC(Cl)=CCC1. The highest BCUT2D eigenvalue weighted by Crippen LogP contribution is 2.31. The second-order valence-corrected chi connectivity index (χ2v) is 10.9. The molecule has 8 heteroatoms. The number of hydrogen-bond donors (Lipinski definition) is 1. The second-order valence-electron chi connectivity index (χ2n) is 10.0. The summed E-state index contributed by atoms with van der Waals surface area (Å²) in [4.78, 5) is 33.0. The van der Waals surface area contributed by atoms with Gasteiger partial charge >= 0.3 is 0 Å². The van der Waals surface area contributed by atoms with Crippen molar-refractivity contribution < 1.29 is 9.59 Å². The highest BCUT2D eigenvalue weighted by molar-refractivity contribution is 6.31. The van der Waals surface area contributed by atoms with E-state index in [-0.39, 0.29) is 11.8 Å². The van der Waals surface area contributed by atoms with E-state index in [1.165, 1.54) is 5.57 Å². The van der Waals surface area contributed by atoms with Gasteiger partial charge in [0, 0.05) is 54.3 Å². The third kappa shape index (κ3) is 6.72. The summed E-state index contributed by atoms with van der Waals surface area (Å²) in [5, 5.41) is 4.22. The molecular weight excluding hydrogens is 495 g/mol. The zero-order valence-corrected chi connectivity index (χ0v) is 22.7. The molecule has 0 spiro atoms. The normalized spacial score (nSPS) is 20.8. The number of rotatable bonds is 4. The summed E-state index contributed by atoms with van der Waals surface area (Å²) in [7, 11) is 2.12. The zero-order valence-electron chi connectivity index (χ0n) is 21.2. The van der Waals surface area contributed by atoms with E-state index in [1.807, 2.05) is 12.2 Å². The minimum atomic E-state index is -0.227. The highest BCUT2D eigenvalue weighted by atomic mass is 35.5. The molecule has 1 aromatic carbocycles. The summed E-state index contributed by atoms with van der Waals surface area (Å²) in [5.74, 6) is 0.121. The van der Waals surface area contributed by atoms with Crippen molar-refractivity contribution in [1.29, 1.82) is 0 Å². The van der Waals surface area contributed by atoms with Crippen LogP contribution < -0.4 is 5.32 Å². The molecule has 0 aromatic heterocycles. The predicted molar refractivity (Wildman–Crippen MR) is 146 cm³/mol. The van der Waals surface area contributed by atoms with Gasteiger partial charge in [-0.15, -0.1) is 0 Å². The second kappa shape index (κ2) is 12.3. The molecule has 2 aliphatic heterocycles. The zero-order chi connectivity index (χ0) is 25.7. The Kier molecular flexibility index (Phi) is 9.15. The molecule has 3 aliphatic rings. The fraction of sp³-hybridized carbons (Fsp3) is 0.500. The third-order valence-electron chi connectivity index (χ3n) is 7.33. The molecule has 6 nitrogen and oxygen atoms in total. The number of allylic oxidation sites excluding steroid dienone is 4. The summed E-state index contributed by atoms with van der Waals surface area (Å²) >= 11 is 12.6. The van der Waals surface area contributed by atoms with Gasteiger partial charge in [-0.25, -0.2) is 0 Å². The monoisotopic (exact) mass is 530 g/mol. The van der Waals surface area contributed by atoms with Gasteiger partial charge < -0.3 is 20.0 Å². The Labute approximate surface area is 224 Å². The van der Waals surface area contributed by atoms with Crippen LogP contribution in [0, 0.1) is 5.92 Å². The first kappa shape index (κ1) is 26.8. The molecule has 0 bridgehead atoms. The number of nitrogens with zero attached hydrogens (tertiary/aromatic N) is 3. The number of amides is 2. The van der Waals surface area contributed by atoms with E-state index < -0.39 is 0 Å². The number of likely N-dealkylation sites (tertiary alicyclic amines) is 1. The van der Waals surface area contributed by atoms with Gasteiger partial charge in [-0.3, -0.25) is 9.59 Å². The molecule has 4 rings (SSSR count). The first-order valence-corrected chi connectivity index (χ1v) is 13.6. The number of benzene rings is 1. The highest BCUT2D eigenvalue weighted by Gasteiger charge is 2.31. The van der Waals surface area contributed by atoms with Gasteiger partial charge in [0.1, 0.15) is 0 Å². The Morgan fingerprint density at radius 2 is 1.81 bits per heavy atom.